The Balaban J connectivity index is 0.000000605. The minimum atomic E-state index is 0. The van der Waals surface area contributed by atoms with E-state index in [-0.39, 0.29) is 7.43 Å². The SMILES string of the molecule is C1=Cc2ccccc2OC1.[C]. The number of rotatable bonds is 0. The average Bonchev–Trinajstić information content (AvgIpc) is 2.05. The summed E-state index contributed by atoms with van der Waals surface area (Å²) in [5.41, 5.74) is 1.17. The van der Waals surface area contributed by atoms with Gasteiger partial charge in [0.15, 0.2) is 0 Å². The van der Waals surface area contributed by atoms with Crippen molar-refractivity contribution in [2.24, 2.45) is 0 Å². The molecule has 0 atom stereocenters. The molecule has 0 amide bonds. The molecule has 1 aromatic carbocycles. The second-order valence-corrected chi connectivity index (χ2v) is 2.25. The van der Waals surface area contributed by atoms with Crippen molar-refractivity contribution in [2.75, 3.05) is 6.61 Å². The molecule has 0 N–H and O–H groups in total. The maximum Gasteiger partial charge on any atom is 0.126 e. The van der Waals surface area contributed by atoms with Crippen LogP contribution in [0.1, 0.15) is 5.56 Å². The third-order valence-corrected chi connectivity index (χ3v) is 1.55. The number of ether oxygens (including phenoxy) is 1. The van der Waals surface area contributed by atoms with Gasteiger partial charge in [0.05, 0.1) is 0 Å². The fraction of sp³-hybridized carbons (Fsp3) is 0.100. The molecule has 0 aliphatic carbocycles. The van der Waals surface area contributed by atoms with Crippen molar-refractivity contribution in [1.29, 1.82) is 0 Å². The van der Waals surface area contributed by atoms with E-state index in [0.717, 1.165) is 5.75 Å². The largest absolute Gasteiger partial charge is 0.489 e. The van der Waals surface area contributed by atoms with Gasteiger partial charge in [-0.05, 0) is 12.1 Å². The molecule has 1 aromatic rings. The second-order valence-electron chi connectivity index (χ2n) is 2.25. The summed E-state index contributed by atoms with van der Waals surface area (Å²) in [6.07, 6.45) is 4.10. The van der Waals surface area contributed by atoms with Crippen LogP contribution in [-0.2, 0) is 0 Å². The Bertz CT molecular complexity index is 263. The van der Waals surface area contributed by atoms with Crippen LogP contribution in [0.4, 0.5) is 0 Å². The van der Waals surface area contributed by atoms with Crippen LogP contribution in [0.15, 0.2) is 30.3 Å². The molecule has 1 heterocycles. The Morgan fingerprint density at radius 2 is 2.00 bits per heavy atom. The topological polar surface area (TPSA) is 9.23 Å². The van der Waals surface area contributed by atoms with Gasteiger partial charge in [0.25, 0.3) is 0 Å². The van der Waals surface area contributed by atoms with Crippen LogP contribution in [0, 0.1) is 7.43 Å². The first-order chi connectivity index (χ1) is 4.97. The Hall–Kier alpha value is -1.24. The van der Waals surface area contributed by atoms with E-state index in [1.807, 2.05) is 30.3 Å². The van der Waals surface area contributed by atoms with Crippen LogP contribution < -0.4 is 4.74 Å². The van der Waals surface area contributed by atoms with E-state index in [2.05, 4.69) is 6.08 Å². The van der Waals surface area contributed by atoms with Gasteiger partial charge < -0.3 is 4.74 Å². The highest BCUT2D eigenvalue weighted by atomic mass is 16.5. The van der Waals surface area contributed by atoms with E-state index in [4.69, 9.17) is 4.74 Å². The molecule has 0 fully saturated rings. The molecular weight excluding hydrogens is 136 g/mol. The van der Waals surface area contributed by atoms with E-state index in [1.54, 1.807) is 0 Å². The Morgan fingerprint density at radius 1 is 1.18 bits per heavy atom. The number of benzene rings is 1. The van der Waals surface area contributed by atoms with Crippen LogP contribution in [0.5, 0.6) is 5.75 Å². The lowest BCUT2D eigenvalue weighted by Crippen LogP contribution is -1.98. The van der Waals surface area contributed by atoms with Crippen LogP contribution in [0.3, 0.4) is 0 Å². The van der Waals surface area contributed by atoms with Gasteiger partial charge in [-0.15, -0.1) is 0 Å². The highest BCUT2D eigenvalue weighted by Crippen LogP contribution is 2.21. The molecule has 0 aromatic heterocycles. The van der Waals surface area contributed by atoms with Crippen LogP contribution >= 0.6 is 0 Å². The van der Waals surface area contributed by atoms with Crippen LogP contribution in [0.25, 0.3) is 6.08 Å². The predicted octanol–water partition coefficient (Wildman–Crippen LogP) is 2.17. The van der Waals surface area contributed by atoms with E-state index < -0.39 is 0 Å². The zero-order chi connectivity index (χ0) is 6.81. The summed E-state index contributed by atoms with van der Waals surface area (Å²) in [5.74, 6) is 0.991. The van der Waals surface area contributed by atoms with Gasteiger partial charge in [0.2, 0.25) is 0 Å². The van der Waals surface area contributed by atoms with Gasteiger partial charge in [-0.2, -0.15) is 0 Å². The lowest BCUT2D eigenvalue weighted by atomic mass is 10.1. The molecule has 0 unspecified atom stereocenters. The second kappa shape index (κ2) is 3.24. The third-order valence-electron chi connectivity index (χ3n) is 1.55. The summed E-state index contributed by atoms with van der Waals surface area (Å²) >= 11 is 0. The minimum Gasteiger partial charge on any atom is -0.489 e. The van der Waals surface area contributed by atoms with Crippen molar-refractivity contribution in [3.63, 3.8) is 0 Å². The van der Waals surface area contributed by atoms with Gasteiger partial charge in [-0.25, -0.2) is 0 Å². The molecule has 4 radical (unpaired) electrons. The number of fused-ring (bicyclic) bond motifs is 1. The van der Waals surface area contributed by atoms with E-state index in [0.29, 0.717) is 6.61 Å². The van der Waals surface area contributed by atoms with E-state index in [9.17, 15) is 0 Å². The number of hydrogen-bond acceptors (Lipinski definition) is 1. The smallest absolute Gasteiger partial charge is 0.126 e. The first kappa shape index (κ1) is 7.86. The molecule has 1 aliphatic rings. The molecule has 2 rings (SSSR count). The summed E-state index contributed by atoms with van der Waals surface area (Å²) in [5, 5.41) is 0. The van der Waals surface area contributed by atoms with Crippen LogP contribution in [0.2, 0.25) is 0 Å². The van der Waals surface area contributed by atoms with E-state index in [1.165, 1.54) is 5.56 Å². The fourth-order valence-electron chi connectivity index (χ4n) is 1.06. The van der Waals surface area contributed by atoms with Gasteiger partial charge in [0.1, 0.15) is 12.4 Å². The Labute approximate surface area is 67.3 Å². The first-order valence-electron chi connectivity index (χ1n) is 3.35. The first-order valence-corrected chi connectivity index (χ1v) is 3.35. The lowest BCUT2D eigenvalue weighted by Gasteiger charge is -2.10. The normalized spacial score (nSPS) is 12.7. The summed E-state index contributed by atoms with van der Waals surface area (Å²) in [7, 11) is 0. The zero-order valence-corrected chi connectivity index (χ0v) is 6.08. The molecule has 1 aliphatic heterocycles. The van der Waals surface area contributed by atoms with Gasteiger partial charge in [-0.3, -0.25) is 0 Å². The predicted molar refractivity (Wildman–Crippen MR) is 44.2 cm³/mol. The fourth-order valence-corrected chi connectivity index (χ4v) is 1.06. The van der Waals surface area contributed by atoms with Gasteiger partial charge >= 0.3 is 0 Å². The lowest BCUT2D eigenvalue weighted by molar-refractivity contribution is 0.358. The van der Waals surface area contributed by atoms with Crippen molar-refractivity contribution >= 4 is 6.08 Å². The molecule has 54 valence electrons. The van der Waals surface area contributed by atoms with Crippen molar-refractivity contribution in [2.45, 2.75) is 0 Å². The maximum absolute atomic E-state index is 5.34. The molecule has 0 saturated carbocycles. The molecular formula is C10H8O. The maximum atomic E-state index is 5.34. The minimum absolute atomic E-state index is 0. The molecule has 11 heavy (non-hydrogen) atoms. The molecule has 0 bridgehead atoms. The standard InChI is InChI=1S/C9H8O.C/c1-2-6-9-8(4-1)5-3-7-10-9;/h1-6H,7H2;. The third kappa shape index (κ3) is 1.43. The quantitative estimate of drug-likeness (QED) is 0.542. The molecule has 1 heteroatoms. The summed E-state index contributed by atoms with van der Waals surface area (Å²) in [4.78, 5) is 0. The molecule has 1 nitrogen and oxygen atoms in total. The summed E-state index contributed by atoms with van der Waals surface area (Å²) < 4.78 is 5.34. The van der Waals surface area contributed by atoms with Crippen molar-refractivity contribution in [3.8, 4) is 5.75 Å². The van der Waals surface area contributed by atoms with Crippen molar-refractivity contribution < 1.29 is 4.74 Å². The Morgan fingerprint density at radius 3 is 2.82 bits per heavy atom. The zero-order valence-electron chi connectivity index (χ0n) is 6.08. The summed E-state index contributed by atoms with van der Waals surface area (Å²) in [6, 6.07) is 8.03. The van der Waals surface area contributed by atoms with Crippen LogP contribution in [-0.4, -0.2) is 6.61 Å². The Kier molecular flexibility index (Phi) is 2.32. The number of para-hydroxylation sites is 1. The highest BCUT2D eigenvalue weighted by molar-refractivity contribution is 5.58. The summed E-state index contributed by atoms with van der Waals surface area (Å²) in [6.45, 7) is 0.705. The molecule has 0 spiro atoms. The van der Waals surface area contributed by atoms with Crippen molar-refractivity contribution in [3.05, 3.63) is 43.3 Å². The average molecular weight is 144 g/mol. The van der Waals surface area contributed by atoms with Gasteiger partial charge in [-0.1, -0.05) is 24.3 Å². The highest BCUT2D eigenvalue weighted by Gasteiger charge is 2.01. The molecule has 0 saturated heterocycles. The number of hydrogen-bond donors (Lipinski definition) is 0. The van der Waals surface area contributed by atoms with E-state index >= 15 is 0 Å². The monoisotopic (exact) mass is 144 g/mol. The van der Waals surface area contributed by atoms with Gasteiger partial charge in [0, 0.05) is 13.0 Å². The van der Waals surface area contributed by atoms with Crippen molar-refractivity contribution in [1.82, 2.24) is 0 Å².